The minimum atomic E-state index is -0.905. The van der Waals surface area contributed by atoms with Crippen molar-refractivity contribution in [3.8, 4) is 0 Å². The Bertz CT molecular complexity index is 595. The highest BCUT2D eigenvalue weighted by Crippen LogP contribution is 2.14. The van der Waals surface area contributed by atoms with E-state index in [-0.39, 0.29) is 18.5 Å². The number of urea groups is 1. The quantitative estimate of drug-likeness (QED) is 0.738. The average Bonchev–Trinajstić information content (AvgIpc) is 2.65. The maximum atomic E-state index is 12.5. The highest BCUT2D eigenvalue weighted by atomic mass is 16.3. The zero-order chi connectivity index (χ0) is 18.3. The number of amides is 3. The fourth-order valence-electron chi connectivity index (χ4n) is 2.73. The lowest BCUT2D eigenvalue weighted by Gasteiger charge is -2.26. The average molecular weight is 347 g/mol. The number of piperidine rings is 1. The molecule has 1 atom stereocenters. The minimum absolute atomic E-state index is 0.0602. The second kappa shape index (κ2) is 8.85. The van der Waals surface area contributed by atoms with Crippen LogP contribution in [0.5, 0.6) is 0 Å². The summed E-state index contributed by atoms with van der Waals surface area (Å²) < 4.78 is 0. The number of carbonyl (C=O) groups excluding carboxylic acids is 2. The van der Waals surface area contributed by atoms with Gasteiger partial charge in [0.05, 0.1) is 5.60 Å². The Labute approximate surface area is 149 Å². The Morgan fingerprint density at radius 2 is 1.92 bits per heavy atom. The van der Waals surface area contributed by atoms with Crippen LogP contribution in [0.3, 0.4) is 0 Å². The molecule has 1 heterocycles. The maximum absolute atomic E-state index is 12.5. The Kier molecular flexibility index (Phi) is 6.82. The lowest BCUT2D eigenvalue weighted by Crippen LogP contribution is -2.44. The molecule has 6 heteroatoms. The summed E-state index contributed by atoms with van der Waals surface area (Å²) in [5.74, 6) is 0.0602. The van der Waals surface area contributed by atoms with E-state index in [0.29, 0.717) is 18.5 Å². The molecule has 1 aromatic rings. The van der Waals surface area contributed by atoms with Crippen molar-refractivity contribution in [3.63, 3.8) is 0 Å². The molecule has 0 aliphatic carbocycles. The van der Waals surface area contributed by atoms with E-state index in [4.69, 9.17) is 0 Å². The third kappa shape index (κ3) is 6.05. The number of hydrogen-bond donors (Lipinski definition) is 3. The van der Waals surface area contributed by atoms with Crippen LogP contribution in [0.1, 0.15) is 55.5 Å². The third-order valence-corrected chi connectivity index (χ3v) is 4.66. The number of aliphatic hydroxyl groups is 1. The topological polar surface area (TPSA) is 81.7 Å². The standard InChI is InChI=1S/C19H29N3O3/c1-3-19(2,25)14-21-18(24)20-13-15-8-7-9-16(12-15)17(23)22-10-5-4-6-11-22/h7-9,12,25H,3-6,10-11,13-14H2,1-2H3,(H2,20,21,24)/t19-/m0/s1. The van der Waals surface area contributed by atoms with Crippen LogP contribution in [0.15, 0.2) is 24.3 Å². The number of nitrogens with one attached hydrogen (secondary N) is 2. The molecule has 0 saturated carbocycles. The number of likely N-dealkylation sites (tertiary alicyclic amines) is 1. The van der Waals surface area contributed by atoms with Gasteiger partial charge >= 0.3 is 6.03 Å². The first kappa shape index (κ1) is 19.2. The molecular weight excluding hydrogens is 318 g/mol. The zero-order valence-corrected chi connectivity index (χ0v) is 15.2. The minimum Gasteiger partial charge on any atom is -0.388 e. The monoisotopic (exact) mass is 347 g/mol. The van der Waals surface area contributed by atoms with Gasteiger partial charge in [-0.15, -0.1) is 0 Å². The Balaban J connectivity index is 1.86. The number of benzene rings is 1. The van der Waals surface area contributed by atoms with Crippen molar-refractivity contribution in [2.24, 2.45) is 0 Å². The van der Waals surface area contributed by atoms with Gasteiger partial charge in [0, 0.05) is 31.7 Å². The predicted molar refractivity (Wildman–Crippen MR) is 97.3 cm³/mol. The molecule has 0 spiro atoms. The molecule has 1 aliphatic heterocycles. The zero-order valence-electron chi connectivity index (χ0n) is 15.2. The molecule has 1 saturated heterocycles. The second-order valence-electron chi connectivity index (χ2n) is 6.94. The summed E-state index contributed by atoms with van der Waals surface area (Å²) >= 11 is 0. The van der Waals surface area contributed by atoms with Crippen molar-refractivity contribution in [2.75, 3.05) is 19.6 Å². The van der Waals surface area contributed by atoms with Gasteiger partial charge in [-0.1, -0.05) is 19.1 Å². The highest BCUT2D eigenvalue weighted by Gasteiger charge is 2.19. The molecule has 2 rings (SSSR count). The van der Waals surface area contributed by atoms with E-state index in [2.05, 4.69) is 10.6 Å². The van der Waals surface area contributed by atoms with E-state index < -0.39 is 5.60 Å². The number of nitrogens with zero attached hydrogens (tertiary/aromatic N) is 1. The van der Waals surface area contributed by atoms with Gasteiger partial charge in [-0.3, -0.25) is 4.79 Å². The van der Waals surface area contributed by atoms with E-state index in [0.717, 1.165) is 31.5 Å². The van der Waals surface area contributed by atoms with Crippen molar-refractivity contribution in [3.05, 3.63) is 35.4 Å². The van der Waals surface area contributed by atoms with E-state index >= 15 is 0 Å². The molecule has 138 valence electrons. The first-order valence-corrected chi connectivity index (χ1v) is 9.03. The molecule has 3 N–H and O–H groups in total. The molecule has 0 unspecified atom stereocenters. The summed E-state index contributed by atoms with van der Waals surface area (Å²) in [6, 6.07) is 7.04. The van der Waals surface area contributed by atoms with Gasteiger partial charge in [-0.2, -0.15) is 0 Å². The Morgan fingerprint density at radius 1 is 1.20 bits per heavy atom. The molecule has 1 fully saturated rings. The van der Waals surface area contributed by atoms with Crippen molar-refractivity contribution < 1.29 is 14.7 Å². The third-order valence-electron chi connectivity index (χ3n) is 4.66. The van der Waals surface area contributed by atoms with Gasteiger partial charge in [0.15, 0.2) is 0 Å². The largest absolute Gasteiger partial charge is 0.388 e. The van der Waals surface area contributed by atoms with E-state index in [1.54, 1.807) is 6.92 Å². The van der Waals surface area contributed by atoms with Gasteiger partial charge in [-0.25, -0.2) is 4.79 Å². The molecule has 0 aromatic heterocycles. The predicted octanol–water partition coefficient (Wildman–Crippen LogP) is 2.27. The van der Waals surface area contributed by atoms with Gasteiger partial charge in [0.1, 0.15) is 0 Å². The van der Waals surface area contributed by atoms with Crippen LogP contribution >= 0.6 is 0 Å². The number of carbonyl (C=O) groups is 2. The summed E-state index contributed by atoms with van der Waals surface area (Å²) in [4.78, 5) is 26.3. The van der Waals surface area contributed by atoms with Crippen molar-refractivity contribution in [2.45, 2.75) is 51.7 Å². The van der Waals surface area contributed by atoms with Gasteiger partial charge in [0.2, 0.25) is 0 Å². The lowest BCUT2D eigenvalue weighted by molar-refractivity contribution is 0.0581. The molecule has 1 aliphatic rings. The molecule has 6 nitrogen and oxygen atoms in total. The van der Waals surface area contributed by atoms with Crippen LogP contribution in [0.4, 0.5) is 4.79 Å². The summed E-state index contributed by atoms with van der Waals surface area (Å²) in [6.07, 6.45) is 3.88. The normalized spacial score (nSPS) is 16.8. The van der Waals surface area contributed by atoms with E-state index in [1.807, 2.05) is 36.1 Å². The fraction of sp³-hybridized carbons (Fsp3) is 0.579. The smallest absolute Gasteiger partial charge is 0.315 e. The van der Waals surface area contributed by atoms with Gasteiger partial charge in [-0.05, 0) is 50.3 Å². The van der Waals surface area contributed by atoms with Crippen molar-refractivity contribution >= 4 is 11.9 Å². The number of hydrogen-bond acceptors (Lipinski definition) is 3. The molecule has 3 amide bonds. The van der Waals surface area contributed by atoms with Crippen LogP contribution in [-0.4, -0.2) is 47.2 Å². The van der Waals surface area contributed by atoms with Crippen LogP contribution in [0.2, 0.25) is 0 Å². The van der Waals surface area contributed by atoms with Crippen LogP contribution in [0, 0.1) is 0 Å². The van der Waals surface area contributed by atoms with Crippen molar-refractivity contribution in [1.29, 1.82) is 0 Å². The molecule has 1 aromatic carbocycles. The van der Waals surface area contributed by atoms with Gasteiger partial charge in [0.25, 0.3) is 5.91 Å². The first-order valence-electron chi connectivity index (χ1n) is 9.03. The Hall–Kier alpha value is -2.08. The van der Waals surface area contributed by atoms with E-state index in [1.165, 1.54) is 6.42 Å². The highest BCUT2D eigenvalue weighted by molar-refractivity contribution is 5.94. The van der Waals surface area contributed by atoms with Gasteiger partial charge < -0.3 is 20.6 Å². The summed E-state index contributed by atoms with van der Waals surface area (Å²) in [7, 11) is 0. The van der Waals surface area contributed by atoms with Crippen molar-refractivity contribution in [1.82, 2.24) is 15.5 Å². The fourth-order valence-corrected chi connectivity index (χ4v) is 2.73. The molecule has 0 bridgehead atoms. The maximum Gasteiger partial charge on any atom is 0.315 e. The molecule has 0 radical (unpaired) electrons. The second-order valence-corrected chi connectivity index (χ2v) is 6.94. The summed E-state index contributed by atoms with van der Waals surface area (Å²) in [6.45, 7) is 5.72. The lowest BCUT2D eigenvalue weighted by atomic mass is 10.0. The van der Waals surface area contributed by atoms with Crippen LogP contribution in [-0.2, 0) is 6.54 Å². The molecule has 25 heavy (non-hydrogen) atoms. The molecular formula is C19H29N3O3. The van der Waals surface area contributed by atoms with Crippen LogP contribution < -0.4 is 10.6 Å². The summed E-state index contributed by atoms with van der Waals surface area (Å²) in [5, 5.41) is 15.3. The SMILES string of the molecule is CC[C@](C)(O)CNC(=O)NCc1cccc(C(=O)N2CCCCC2)c1. The number of rotatable bonds is 6. The Morgan fingerprint density at radius 3 is 2.60 bits per heavy atom. The first-order chi connectivity index (χ1) is 11.9. The van der Waals surface area contributed by atoms with Crippen LogP contribution in [0.25, 0.3) is 0 Å². The summed E-state index contributed by atoms with van der Waals surface area (Å²) in [5.41, 5.74) is 0.633. The van der Waals surface area contributed by atoms with E-state index in [9.17, 15) is 14.7 Å².